The summed E-state index contributed by atoms with van der Waals surface area (Å²) in [5.74, 6) is -0.415. The molecule has 0 aliphatic heterocycles. The molecule has 0 spiro atoms. The van der Waals surface area contributed by atoms with Crippen LogP contribution >= 0.6 is 11.3 Å². The van der Waals surface area contributed by atoms with Gasteiger partial charge in [-0.1, -0.05) is 6.92 Å². The summed E-state index contributed by atoms with van der Waals surface area (Å²) in [6.07, 6.45) is 0.664. The second-order valence-corrected chi connectivity index (χ2v) is 5.58. The number of hydrogen-bond donors (Lipinski definition) is 3. The third-order valence-corrected chi connectivity index (χ3v) is 3.92. The van der Waals surface area contributed by atoms with Crippen LogP contribution in [0.25, 0.3) is 0 Å². The zero-order valence-corrected chi connectivity index (χ0v) is 13.0. The molecule has 2 aromatic rings. The van der Waals surface area contributed by atoms with Crippen molar-refractivity contribution in [1.82, 2.24) is 5.32 Å². The number of benzene rings is 1. The number of amides is 2. The van der Waals surface area contributed by atoms with E-state index in [4.69, 9.17) is 5.11 Å². The summed E-state index contributed by atoms with van der Waals surface area (Å²) in [4.78, 5) is 23.9. The van der Waals surface area contributed by atoms with Crippen molar-refractivity contribution >= 4 is 28.8 Å². The Kier molecular flexibility index (Phi) is 5.68. The number of rotatable bonds is 6. The van der Waals surface area contributed by atoms with E-state index in [0.717, 1.165) is 0 Å². The minimum atomic E-state index is -0.245. The van der Waals surface area contributed by atoms with Crippen LogP contribution in [0.5, 0.6) is 0 Å². The Hall–Kier alpha value is -2.18. The van der Waals surface area contributed by atoms with Gasteiger partial charge in [-0.2, -0.15) is 11.3 Å². The number of carbonyl (C=O) groups is 2. The second-order valence-electron chi connectivity index (χ2n) is 4.80. The minimum absolute atomic E-state index is 0.0863. The van der Waals surface area contributed by atoms with Gasteiger partial charge in [0.1, 0.15) is 0 Å². The molecule has 0 saturated carbocycles. The average Bonchev–Trinajstić information content (AvgIpc) is 3.07. The molecule has 5 nitrogen and oxygen atoms in total. The monoisotopic (exact) mass is 318 g/mol. The first-order valence-electron chi connectivity index (χ1n) is 6.99. The molecule has 0 bridgehead atoms. The Morgan fingerprint density at radius 3 is 2.41 bits per heavy atom. The summed E-state index contributed by atoms with van der Waals surface area (Å²) in [6, 6.07) is 8.15. The van der Waals surface area contributed by atoms with E-state index in [9.17, 15) is 9.59 Å². The van der Waals surface area contributed by atoms with Gasteiger partial charge in [-0.3, -0.25) is 9.59 Å². The first-order chi connectivity index (χ1) is 10.6. The molecule has 0 radical (unpaired) electrons. The van der Waals surface area contributed by atoms with E-state index in [1.54, 1.807) is 35.7 Å². The molecule has 1 heterocycles. The van der Waals surface area contributed by atoms with Gasteiger partial charge in [0.05, 0.1) is 18.2 Å². The number of nitrogens with one attached hydrogen (secondary N) is 2. The predicted octanol–water partition coefficient (Wildman–Crippen LogP) is 2.50. The van der Waals surface area contributed by atoms with Crippen LogP contribution in [0.4, 0.5) is 5.69 Å². The first-order valence-corrected chi connectivity index (χ1v) is 7.93. The SMILES string of the molecule is CCC(CO)NC(=O)c1ccc(NC(=O)c2ccsc2)cc1. The number of thiophene rings is 1. The average molecular weight is 318 g/mol. The summed E-state index contributed by atoms with van der Waals surface area (Å²) < 4.78 is 0. The Labute approximate surface area is 133 Å². The molecule has 1 atom stereocenters. The van der Waals surface area contributed by atoms with E-state index in [0.29, 0.717) is 23.2 Å². The first kappa shape index (κ1) is 16.2. The molecule has 2 amide bonds. The van der Waals surface area contributed by atoms with E-state index >= 15 is 0 Å². The Morgan fingerprint density at radius 1 is 1.14 bits per heavy atom. The second kappa shape index (κ2) is 7.72. The lowest BCUT2D eigenvalue weighted by molar-refractivity contribution is 0.0914. The fourth-order valence-electron chi connectivity index (χ4n) is 1.85. The molecule has 0 saturated heterocycles. The zero-order valence-electron chi connectivity index (χ0n) is 12.2. The van der Waals surface area contributed by atoms with E-state index in [-0.39, 0.29) is 24.5 Å². The molecule has 1 aromatic heterocycles. The third kappa shape index (κ3) is 4.16. The van der Waals surface area contributed by atoms with Crippen molar-refractivity contribution in [3.63, 3.8) is 0 Å². The Balaban J connectivity index is 1.98. The number of hydrogen-bond acceptors (Lipinski definition) is 4. The molecule has 1 unspecified atom stereocenters. The largest absolute Gasteiger partial charge is 0.394 e. The lowest BCUT2D eigenvalue weighted by Crippen LogP contribution is -2.36. The van der Waals surface area contributed by atoms with Gasteiger partial charge in [0.2, 0.25) is 0 Å². The Morgan fingerprint density at radius 2 is 1.86 bits per heavy atom. The predicted molar refractivity (Wildman–Crippen MR) is 87.3 cm³/mol. The van der Waals surface area contributed by atoms with Gasteiger partial charge in [0.15, 0.2) is 0 Å². The van der Waals surface area contributed by atoms with Crippen LogP contribution in [0.2, 0.25) is 0 Å². The van der Waals surface area contributed by atoms with Crippen molar-refractivity contribution in [3.05, 3.63) is 52.2 Å². The molecule has 0 aliphatic rings. The molecule has 6 heteroatoms. The fourth-order valence-corrected chi connectivity index (χ4v) is 2.48. The van der Waals surface area contributed by atoms with Crippen LogP contribution in [-0.2, 0) is 0 Å². The highest BCUT2D eigenvalue weighted by atomic mass is 32.1. The van der Waals surface area contributed by atoms with Crippen molar-refractivity contribution < 1.29 is 14.7 Å². The topological polar surface area (TPSA) is 78.4 Å². The standard InChI is InChI=1S/C16H18N2O3S/c1-2-13(9-19)17-15(20)11-3-5-14(6-4-11)18-16(21)12-7-8-22-10-12/h3-8,10,13,19H,2,9H2,1H3,(H,17,20)(H,18,21). The molecule has 22 heavy (non-hydrogen) atoms. The maximum atomic E-state index is 12.0. The molecule has 3 N–H and O–H groups in total. The maximum Gasteiger partial charge on any atom is 0.256 e. The molecule has 2 rings (SSSR count). The van der Waals surface area contributed by atoms with Crippen LogP contribution in [-0.4, -0.2) is 29.6 Å². The van der Waals surface area contributed by atoms with Gasteiger partial charge in [0.25, 0.3) is 11.8 Å². The molecule has 1 aromatic carbocycles. The van der Waals surface area contributed by atoms with E-state index in [1.165, 1.54) is 11.3 Å². The summed E-state index contributed by atoms with van der Waals surface area (Å²) in [5, 5.41) is 18.2. The highest BCUT2D eigenvalue weighted by molar-refractivity contribution is 7.08. The van der Waals surface area contributed by atoms with E-state index < -0.39 is 0 Å². The summed E-state index contributed by atoms with van der Waals surface area (Å²) >= 11 is 1.46. The minimum Gasteiger partial charge on any atom is -0.394 e. The van der Waals surface area contributed by atoms with Gasteiger partial charge >= 0.3 is 0 Å². The lowest BCUT2D eigenvalue weighted by Gasteiger charge is -2.14. The summed E-state index contributed by atoms with van der Waals surface area (Å²) in [7, 11) is 0. The van der Waals surface area contributed by atoms with Gasteiger partial charge in [0, 0.05) is 16.6 Å². The molecule has 0 fully saturated rings. The van der Waals surface area contributed by atoms with Gasteiger partial charge in [-0.05, 0) is 42.1 Å². The van der Waals surface area contributed by atoms with Gasteiger partial charge in [-0.15, -0.1) is 0 Å². The summed E-state index contributed by atoms with van der Waals surface area (Å²) in [5.41, 5.74) is 1.72. The Bertz CT molecular complexity index is 619. The van der Waals surface area contributed by atoms with Crippen LogP contribution in [0.3, 0.4) is 0 Å². The van der Waals surface area contributed by atoms with E-state index in [2.05, 4.69) is 10.6 Å². The third-order valence-electron chi connectivity index (χ3n) is 3.24. The summed E-state index contributed by atoms with van der Waals surface area (Å²) in [6.45, 7) is 1.81. The maximum absolute atomic E-state index is 12.0. The van der Waals surface area contributed by atoms with Gasteiger partial charge < -0.3 is 15.7 Å². The number of carbonyl (C=O) groups excluding carboxylic acids is 2. The highest BCUT2D eigenvalue weighted by Crippen LogP contribution is 2.13. The normalized spacial score (nSPS) is 11.7. The van der Waals surface area contributed by atoms with Crippen LogP contribution < -0.4 is 10.6 Å². The van der Waals surface area contributed by atoms with Crippen molar-refractivity contribution in [2.24, 2.45) is 0 Å². The quantitative estimate of drug-likeness (QED) is 0.766. The van der Waals surface area contributed by atoms with Crippen LogP contribution in [0.1, 0.15) is 34.1 Å². The van der Waals surface area contributed by atoms with Crippen molar-refractivity contribution in [2.75, 3.05) is 11.9 Å². The molecule has 116 valence electrons. The van der Waals surface area contributed by atoms with Crippen molar-refractivity contribution in [2.45, 2.75) is 19.4 Å². The fraction of sp³-hybridized carbons (Fsp3) is 0.250. The highest BCUT2D eigenvalue weighted by Gasteiger charge is 2.11. The number of aliphatic hydroxyl groups is 1. The number of anilines is 1. The van der Waals surface area contributed by atoms with Crippen molar-refractivity contribution in [3.8, 4) is 0 Å². The van der Waals surface area contributed by atoms with Crippen molar-refractivity contribution in [1.29, 1.82) is 0 Å². The van der Waals surface area contributed by atoms with Crippen LogP contribution in [0, 0.1) is 0 Å². The lowest BCUT2D eigenvalue weighted by atomic mass is 10.1. The number of aliphatic hydroxyl groups excluding tert-OH is 1. The molecular weight excluding hydrogens is 300 g/mol. The molecular formula is C16H18N2O3S. The smallest absolute Gasteiger partial charge is 0.256 e. The van der Waals surface area contributed by atoms with Crippen LogP contribution in [0.15, 0.2) is 41.1 Å². The zero-order chi connectivity index (χ0) is 15.9. The van der Waals surface area contributed by atoms with E-state index in [1.807, 2.05) is 12.3 Å². The molecule has 0 aliphatic carbocycles. The van der Waals surface area contributed by atoms with Gasteiger partial charge in [-0.25, -0.2) is 0 Å².